The molecular formula is C13H23NO2S. The molecule has 3 nitrogen and oxygen atoms in total. The van der Waals surface area contributed by atoms with E-state index in [1.54, 1.807) is 0 Å². The molecule has 98 valence electrons. The fourth-order valence-corrected chi connectivity index (χ4v) is 3.93. The van der Waals surface area contributed by atoms with Gasteiger partial charge in [0.15, 0.2) is 0 Å². The zero-order valence-corrected chi connectivity index (χ0v) is 11.4. The number of thioether (sulfide) groups is 1. The van der Waals surface area contributed by atoms with E-state index in [0.29, 0.717) is 11.3 Å². The van der Waals surface area contributed by atoms with E-state index >= 15 is 0 Å². The summed E-state index contributed by atoms with van der Waals surface area (Å²) in [7, 11) is 0. The van der Waals surface area contributed by atoms with Crippen LogP contribution in [0.25, 0.3) is 0 Å². The second-order valence-corrected chi connectivity index (χ2v) is 6.41. The minimum atomic E-state index is -0.177. The highest BCUT2D eigenvalue weighted by Gasteiger charge is 2.30. The van der Waals surface area contributed by atoms with Gasteiger partial charge in [0.2, 0.25) is 5.91 Å². The Morgan fingerprint density at radius 1 is 1.29 bits per heavy atom. The van der Waals surface area contributed by atoms with Gasteiger partial charge in [0.05, 0.1) is 0 Å². The van der Waals surface area contributed by atoms with Gasteiger partial charge in [-0.2, -0.15) is 11.8 Å². The quantitative estimate of drug-likeness (QED) is 0.840. The molecule has 0 spiro atoms. The van der Waals surface area contributed by atoms with Crippen LogP contribution < -0.4 is 5.32 Å². The molecule has 1 heterocycles. The van der Waals surface area contributed by atoms with E-state index in [1.165, 1.54) is 19.3 Å². The number of ether oxygens (including phenoxy) is 1. The third-order valence-electron chi connectivity index (χ3n) is 3.63. The number of hydrogen-bond acceptors (Lipinski definition) is 3. The van der Waals surface area contributed by atoms with Gasteiger partial charge in [-0.15, -0.1) is 0 Å². The maximum atomic E-state index is 12.0. The molecule has 0 bridgehead atoms. The Labute approximate surface area is 108 Å². The van der Waals surface area contributed by atoms with E-state index in [0.717, 1.165) is 31.6 Å². The third-order valence-corrected chi connectivity index (χ3v) is 4.96. The van der Waals surface area contributed by atoms with E-state index in [2.05, 4.69) is 12.2 Å². The van der Waals surface area contributed by atoms with Crippen molar-refractivity contribution in [2.45, 2.75) is 62.8 Å². The lowest BCUT2D eigenvalue weighted by Gasteiger charge is -2.32. The fourth-order valence-electron chi connectivity index (χ4n) is 2.74. The third kappa shape index (κ3) is 3.62. The molecule has 2 rings (SSSR count). The summed E-state index contributed by atoms with van der Waals surface area (Å²) in [5, 5.41) is 3.82. The van der Waals surface area contributed by atoms with Gasteiger partial charge >= 0.3 is 0 Å². The predicted molar refractivity (Wildman–Crippen MR) is 71.3 cm³/mol. The molecule has 2 fully saturated rings. The first-order valence-corrected chi connectivity index (χ1v) is 7.89. The molecule has 1 saturated carbocycles. The van der Waals surface area contributed by atoms with Crippen molar-refractivity contribution in [3.05, 3.63) is 0 Å². The summed E-state index contributed by atoms with van der Waals surface area (Å²) in [6.07, 6.45) is 6.68. The molecule has 1 N–H and O–H groups in total. The minimum Gasteiger partial charge on any atom is -0.368 e. The molecule has 1 aliphatic carbocycles. The van der Waals surface area contributed by atoms with Crippen molar-refractivity contribution in [3.8, 4) is 0 Å². The van der Waals surface area contributed by atoms with Gasteiger partial charge in [0.25, 0.3) is 0 Å². The topological polar surface area (TPSA) is 38.3 Å². The summed E-state index contributed by atoms with van der Waals surface area (Å²) >= 11 is 1.99. The second kappa shape index (κ2) is 6.64. The molecule has 0 aromatic carbocycles. The molecule has 17 heavy (non-hydrogen) atoms. The predicted octanol–water partition coefficient (Wildman–Crippen LogP) is 2.35. The average Bonchev–Trinajstić information content (AvgIpc) is 2.85. The Hall–Kier alpha value is -0.220. The Bertz CT molecular complexity index is 252. The van der Waals surface area contributed by atoms with Crippen LogP contribution in [0.15, 0.2) is 0 Å². The number of rotatable bonds is 4. The summed E-state index contributed by atoms with van der Waals surface area (Å²) in [5.41, 5.74) is 0. The Balaban J connectivity index is 1.84. The Morgan fingerprint density at radius 3 is 2.82 bits per heavy atom. The largest absolute Gasteiger partial charge is 0.368 e. The lowest BCUT2D eigenvalue weighted by molar-refractivity contribution is -0.130. The molecule has 4 heteroatoms. The van der Waals surface area contributed by atoms with Gasteiger partial charge in [-0.05, 0) is 31.4 Å². The molecular weight excluding hydrogens is 234 g/mol. The molecule has 2 aliphatic rings. The van der Waals surface area contributed by atoms with Crippen molar-refractivity contribution in [1.29, 1.82) is 0 Å². The first kappa shape index (κ1) is 13.2. The summed E-state index contributed by atoms with van der Waals surface area (Å²) in [4.78, 5) is 12.0. The first-order chi connectivity index (χ1) is 8.31. The monoisotopic (exact) mass is 257 g/mol. The van der Waals surface area contributed by atoms with Crippen molar-refractivity contribution < 1.29 is 9.53 Å². The van der Waals surface area contributed by atoms with Crippen LogP contribution in [0.4, 0.5) is 0 Å². The zero-order chi connectivity index (χ0) is 12.1. The molecule has 1 aliphatic heterocycles. The normalized spacial score (nSPS) is 33.6. The average molecular weight is 257 g/mol. The van der Waals surface area contributed by atoms with E-state index in [-0.39, 0.29) is 12.0 Å². The molecule has 1 saturated heterocycles. The number of carbonyl (C=O) groups is 1. The van der Waals surface area contributed by atoms with Crippen LogP contribution in [0.5, 0.6) is 0 Å². The van der Waals surface area contributed by atoms with Crippen molar-refractivity contribution >= 4 is 17.7 Å². The summed E-state index contributed by atoms with van der Waals surface area (Å²) in [6.45, 7) is 2.94. The molecule has 0 aromatic heterocycles. The molecule has 0 unspecified atom stereocenters. The van der Waals surface area contributed by atoms with Crippen LogP contribution in [0.1, 0.15) is 45.4 Å². The molecule has 0 aromatic rings. The van der Waals surface area contributed by atoms with Gasteiger partial charge in [-0.25, -0.2) is 0 Å². The lowest BCUT2D eigenvalue weighted by Crippen LogP contribution is -2.47. The van der Waals surface area contributed by atoms with Crippen LogP contribution in [0.2, 0.25) is 0 Å². The number of carbonyl (C=O) groups excluding carboxylic acids is 1. The second-order valence-electron chi connectivity index (χ2n) is 4.89. The molecule has 1 amide bonds. The Kier molecular flexibility index (Phi) is 5.16. The van der Waals surface area contributed by atoms with Crippen molar-refractivity contribution in [2.24, 2.45) is 0 Å². The Morgan fingerprint density at radius 2 is 2.12 bits per heavy atom. The van der Waals surface area contributed by atoms with Gasteiger partial charge in [-0.3, -0.25) is 4.79 Å². The first-order valence-electron chi connectivity index (χ1n) is 6.85. The van der Waals surface area contributed by atoms with E-state index < -0.39 is 0 Å². The van der Waals surface area contributed by atoms with Crippen LogP contribution in [-0.2, 0) is 9.53 Å². The number of amides is 1. The molecule has 0 radical (unpaired) electrons. The number of hydrogen-bond donors (Lipinski definition) is 1. The summed E-state index contributed by atoms with van der Waals surface area (Å²) in [5.74, 6) is 1.26. The maximum absolute atomic E-state index is 12.0. The van der Waals surface area contributed by atoms with Crippen molar-refractivity contribution in [3.63, 3.8) is 0 Å². The highest BCUT2D eigenvalue weighted by Crippen LogP contribution is 2.29. The smallest absolute Gasteiger partial charge is 0.249 e. The van der Waals surface area contributed by atoms with Crippen LogP contribution in [-0.4, -0.2) is 35.7 Å². The van der Waals surface area contributed by atoms with E-state index in [1.807, 2.05) is 11.8 Å². The SMILES string of the molecule is CCS[C@@H]1CCCC[C@@H]1NC(=O)[C@H]1CCCO1. The summed E-state index contributed by atoms with van der Waals surface area (Å²) in [6, 6.07) is 0.366. The zero-order valence-electron chi connectivity index (χ0n) is 10.6. The van der Waals surface area contributed by atoms with Gasteiger partial charge in [0, 0.05) is 17.9 Å². The molecule has 3 atom stereocenters. The van der Waals surface area contributed by atoms with Crippen molar-refractivity contribution in [1.82, 2.24) is 5.32 Å². The van der Waals surface area contributed by atoms with Crippen LogP contribution in [0.3, 0.4) is 0 Å². The van der Waals surface area contributed by atoms with Gasteiger partial charge in [-0.1, -0.05) is 19.8 Å². The summed E-state index contributed by atoms with van der Waals surface area (Å²) < 4.78 is 5.43. The van der Waals surface area contributed by atoms with Crippen LogP contribution in [0, 0.1) is 0 Å². The minimum absolute atomic E-state index is 0.121. The van der Waals surface area contributed by atoms with E-state index in [4.69, 9.17) is 4.74 Å². The van der Waals surface area contributed by atoms with Crippen LogP contribution >= 0.6 is 11.8 Å². The van der Waals surface area contributed by atoms with Crippen molar-refractivity contribution in [2.75, 3.05) is 12.4 Å². The van der Waals surface area contributed by atoms with E-state index in [9.17, 15) is 4.79 Å². The highest BCUT2D eigenvalue weighted by atomic mass is 32.2. The van der Waals surface area contributed by atoms with Gasteiger partial charge in [0.1, 0.15) is 6.10 Å². The number of nitrogens with one attached hydrogen (secondary N) is 1. The maximum Gasteiger partial charge on any atom is 0.249 e. The van der Waals surface area contributed by atoms with Gasteiger partial charge < -0.3 is 10.1 Å². The highest BCUT2D eigenvalue weighted by molar-refractivity contribution is 7.99. The lowest BCUT2D eigenvalue weighted by atomic mass is 9.94. The fraction of sp³-hybridized carbons (Fsp3) is 0.923. The standard InChI is InChI=1S/C13H23NO2S/c1-2-17-12-8-4-3-6-10(12)14-13(15)11-7-5-9-16-11/h10-12H,2-9H2,1H3,(H,14,15)/t10-,11+,12+/m0/s1.